The predicted molar refractivity (Wildman–Crippen MR) is 85.1 cm³/mol. The van der Waals surface area contributed by atoms with Gasteiger partial charge in [-0.3, -0.25) is 0 Å². The fraction of sp³-hybridized carbons (Fsp3) is 0.412. The van der Waals surface area contributed by atoms with E-state index < -0.39 is 0 Å². The van der Waals surface area contributed by atoms with Gasteiger partial charge in [-0.2, -0.15) is 0 Å². The van der Waals surface area contributed by atoms with Gasteiger partial charge >= 0.3 is 0 Å². The minimum atomic E-state index is -0.233. The number of halogens is 1. The van der Waals surface area contributed by atoms with E-state index in [1.54, 1.807) is 6.07 Å². The van der Waals surface area contributed by atoms with Crippen LogP contribution in [0.4, 0.5) is 10.2 Å². The van der Waals surface area contributed by atoms with Crippen LogP contribution in [0.3, 0.4) is 0 Å². The van der Waals surface area contributed by atoms with Crippen LogP contribution in [0, 0.1) is 19.7 Å². The summed E-state index contributed by atoms with van der Waals surface area (Å²) in [7, 11) is 0. The van der Waals surface area contributed by atoms with Crippen molar-refractivity contribution in [3.05, 3.63) is 40.8 Å². The van der Waals surface area contributed by atoms with Crippen LogP contribution in [0.15, 0.2) is 18.2 Å². The molecule has 0 radical (unpaired) electrons. The molecule has 0 aliphatic carbocycles. The molecule has 1 aromatic carbocycles. The van der Waals surface area contributed by atoms with Crippen molar-refractivity contribution in [2.24, 2.45) is 0 Å². The average molecular weight is 287 g/mol. The number of benzene rings is 1. The van der Waals surface area contributed by atoms with Crippen LogP contribution in [0.1, 0.15) is 37.1 Å². The first-order valence-corrected chi connectivity index (χ1v) is 7.44. The van der Waals surface area contributed by atoms with Gasteiger partial charge in [0.15, 0.2) is 5.82 Å². The summed E-state index contributed by atoms with van der Waals surface area (Å²) in [6.07, 6.45) is 1.89. The normalized spacial score (nSPS) is 10.7. The lowest BCUT2D eigenvalue weighted by Crippen LogP contribution is -2.09. The maximum Gasteiger partial charge on any atom is 0.162 e. The van der Waals surface area contributed by atoms with Crippen LogP contribution in [0.2, 0.25) is 0 Å². The lowest BCUT2D eigenvalue weighted by Gasteiger charge is -2.14. The molecule has 2 rings (SSSR count). The molecular formula is C17H22FN3. The number of nitrogens with zero attached hydrogens (tertiary/aromatic N) is 2. The Balaban J connectivity index is 2.52. The molecule has 1 heterocycles. The van der Waals surface area contributed by atoms with Crippen molar-refractivity contribution in [3.8, 4) is 11.4 Å². The minimum absolute atomic E-state index is 0.233. The van der Waals surface area contributed by atoms with Crippen LogP contribution in [-0.2, 0) is 6.42 Å². The summed E-state index contributed by atoms with van der Waals surface area (Å²) in [4.78, 5) is 9.28. The zero-order valence-corrected chi connectivity index (χ0v) is 13.1. The van der Waals surface area contributed by atoms with Crippen LogP contribution < -0.4 is 5.32 Å². The van der Waals surface area contributed by atoms with Gasteiger partial charge in [-0.15, -0.1) is 0 Å². The van der Waals surface area contributed by atoms with Crippen molar-refractivity contribution in [1.82, 2.24) is 9.97 Å². The van der Waals surface area contributed by atoms with Crippen LogP contribution in [0.5, 0.6) is 0 Å². The third kappa shape index (κ3) is 3.38. The van der Waals surface area contributed by atoms with Crippen molar-refractivity contribution in [2.45, 2.75) is 40.5 Å². The zero-order valence-electron chi connectivity index (χ0n) is 13.1. The van der Waals surface area contributed by atoms with Crippen molar-refractivity contribution in [1.29, 1.82) is 0 Å². The monoisotopic (exact) mass is 287 g/mol. The van der Waals surface area contributed by atoms with Gasteiger partial charge in [-0.05, 0) is 50.5 Å². The molecule has 0 aliphatic heterocycles. The molecule has 0 fully saturated rings. The van der Waals surface area contributed by atoms with E-state index >= 15 is 0 Å². The summed E-state index contributed by atoms with van der Waals surface area (Å²) >= 11 is 0. The van der Waals surface area contributed by atoms with Gasteiger partial charge in [-0.25, -0.2) is 14.4 Å². The SMILES string of the molecule is CCCNc1nc(-c2ccc(F)cc2C)nc(CC)c1C. The second kappa shape index (κ2) is 6.66. The van der Waals surface area contributed by atoms with E-state index in [-0.39, 0.29) is 5.82 Å². The molecule has 0 bridgehead atoms. The van der Waals surface area contributed by atoms with Gasteiger partial charge in [0, 0.05) is 23.4 Å². The molecular weight excluding hydrogens is 265 g/mol. The topological polar surface area (TPSA) is 37.8 Å². The van der Waals surface area contributed by atoms with Gasteiger partial charge in [0.2, 0.25) is 0 Å². The fourth-order valence-electron chi connectivity index (χ4n) is 2.32. The van der Waals surface area contributed by atoms with E-state index in [9.17, 15) is 4.39 Å². The molecule has 1 aromatic heterocycles. The summed E-state index contributed by atoms with van der Waals surface area (Å²) in [5.41, 5.74) is 3.85. The Morgan fingerprint density at radius 1 is 1.14 bits per heavy atom. The molecule has 0 saturated carbocycles. The Labute approximate surface area is 125 Å². The summed E-state index contributed by atoms with van der Waals surface area (Å²) in [5, 5.41) is 3.35. The van der Waals surface area contributed by atoms with Crippen molar-refractivity contribution in [2.75, 3.05) is 11.9 Å². The molecule has 0 spiro atoms. The quantitative estimate of drug-likeness (QED) is 0.891. The van der Waals surface area contributed by atoms with E-state index in [4.69, 9.17) is 0 Å². The molecule has 0 saturated heterocycles. The minimum Gasteiger partial charge on any atom is -0.370 e. The van der Waals surface area contributed by atoms with Gasteiger partial charge < -0.3 is 5.32 Å². The van der Waals surface area contributed by atoms with Gasteiger partial charge in [0.05, 0.1) is 0 Å². The summed E-state index contributed by atoms with van der Waals surface area (Å²) in [6, 6.07) is 4.72. The lowest BCUT2D eigenvalue weighted by molar-refractivity contribution is 0.627. The maximum absolute atomic E-state index is 13.3. The molecule has 3 nitrogen and oxygen atoms in total. The first-order chi connectivity index (χ1) is 10.1. The first-order valence-electron chi connectivity index (χ1n) is 7.44. The van der Waals surface area contributed by atoms with Crippen LogP contribution in [0.25, 0.3) is 11.4 Å². The molecule has 1 N–H and O–H groups in total. The average Bonchev–Trinajstić information content (AvgIpc) is 2.46. The third-order valence-corrected chi connectivity index (χ3v) is 3.55. The Hall–Kier alpha value is -1.97. The highest BCUT2D eigenvalue weighted by Gasteiger charge is 2.12. The molecule has 112 valence electrons. The number of aromatic nitrogens is 2. The molecule has 0 aliphatic rings. The van der Waals surface area contributed by atoms with E-state index in [0.29, 0.717) is 5.82 Å². The standard InChI is InChI=1S/C17H22FN3/c1-5-9-19-16-12(4)15(6-2)20-17(21-16)14-8-7-13(18)10-11(14)3/h7-8,10H,5-6,9H2,1-4H3,(H,19,20,21). The second-order valence-corrected chi connectivity index (χ2v) is 5.21. The molecule has 4 heteroatoms. The number of nitrogens with one attached hydrogen (secondary N) is 1. The van der Waals surface area contributed by atoms with E-state index in [0.717, 1.165) is 47.6 Å². The van der Waals surface area contributed by atoms with E-state index in [1.165, 1.54) is 12.1 Å². The van der Waals surface area contributed by atoms with Gasteiger partial charge in [-0.1, -0.05) is 13.8 Å². The van der Waals surface area contributed by atoms with Crippen LogP contribution >= 0.6 is 0 Å². The Kier molecular flexibility index (Phi) is 4.89. The molecule has 0 unspecified atom stereocenters. The van der Waals surface area contributed by atoms with E-state index in [2.05, 4.69) is 29.1 Å². The van der Waals surface area contributed by atoms with Crippen molar-refractivity contribution >= 4 is 5.82 Å². The van der Waals surface area contributed by atoms with Crippen LogP contribution in [-0.4, -0.2) is 16.5 Å². The Morgan fingerprint density at radius 2 is 1.90 bits per heavy atom. The molecule has 21 heavy (non-hydrogen) atoms. The highest BCUT2D eigenvalue weighted by molar-refractivity contribution is 5.63. The number of hydrogen-bond donors (Lipinski definition) is 1. The first kappa shape index (κ1) is 15.4. The van der Waals surface area contributed by atoms with Gasteiger partial charge in [0.25, 0.3) is 0 Å². The highest BCUT2D eigenvalue weighted by atomic mass is 19.1. The number of aryl methyl sites for hydroxylation is 2. The third-order valence-electron chi connectivity index (χ3n) is 3.55. The number of hydrogen-bond acceptors (Lipinski definition) is 3. The second-order valence-electron chi connectivity index (χ2n) is 5.21. The van der Waals surface area contributed by atoms with Crippen molar-refractivity contribution in [3.63, 3.8) is 0 Å². The number of anilines is 1. The molecule has 0 atom stereocenters. The largest absolute Gasteiger partial charge is 0.370 e. The lowest BCUT2D eigenvalue weighted by atomic mass is 10.1. The highest BCUT2D eigenvalue weighted by Crippen LogP contribution is 2.25. The molecule has 2 aromatic rings. The fourth-order valence-corrected chi connectivity index (χ4v) is 2.32. The summed E-state index contributed by atoms with van der Waals surface area (Å²) in [5.74, 6) is 1.30. The Morgan fingerprint density at radius 3 is 2.52 bits per heavy atom. The maximum atomic E-state index is 13.3. The Bertz CT molecular complexity index is 638. The van der Waals surface area contributed by atoms with E-state index in [1.807, 2.05) is 13.8 Å². The zero-order chi connectivity index (χ0) is 15.4. The summed E-state index contributed by atoms with van der Waals surface area (Å²) < 4.78 is 13.3. The smallest absolute Gasteiger partial charge is 0.162 e. The van der Waals surface area contributed by atoms with Gasteiger partial charge in [0.1, 0.15) is 11.6 Å². The molecule has 0 amide bonds. The predicted octanol–water partition coefficient (Wildman–Crippen LogP) is 4.28. The summed E-state index contributed by atoms with van der Waals surface area (Å²) in [6.45, 7) is 9.00. The number of rotatable bonds is 5. The van der Waals surface area contributed by atoms with Crippen molar-refractivity contribution < 1.29 is 4.39 Å².